The molecular formula is C16H18Cl2N2O. The number of rotatable bonds is 5. The van der Waals surface area contributed by atoms with Gasteiger partial charge in [-0.3, -0.25) is 0 Å². The molecule has 21 heavy (non-hydrogen) atoms. The van der Waals surface area contributed by atoms with Crippen LogP contribution in [0.3, 0.4) is 0 Å². The van der Waals surface area contributed by atoms with E-state index in [1.807, 2.05) is 43.3 Å². The minimum Gasteiger partial charge on any atom is -0.496 e. The largest absolute Gasteiger partial charge is 0.496 e. The molecule has 0 aromatic heterocycles. The van der Waals surface area contributed by atoms with Gasteiger partial charge in [0.1, 0.15) is 5.75 Å². The fourth-order valence-electron chi connectivity index (χ4n) is 2.17. The van der Waals surface area contributed by atoms with E-state index in [4.69, 9.17) is 33.7 Å². The maximum Gasteiger partial charge on any atom is 0.125 e. The first-order chi connectivity index (χ1) is 10.1. The van der Waals surface area contributed by atoms with Crippen molar-refractivity contribution in [2.45, 2.75) is 13.0 Å². The lowest BCUT2D eigenvalue weighted by Crippen LogP contribution is -2.21. The van der Waals surface area contributed by atoms with Gasteiger partial charge < -0.3 is 15.8 Å². The topological polar surface area (TPSA) is 47.3 Å². The Bertz CT molecular complexity index is 632. The van der Waals surface area contributed by atoms with E-state index in [2.05, 4.69) is 5.32 Å². The normalized spacial score (nSPS) is 12.0. The second kappa shape index (κ2) is 7.03. The first-order valence-corrected chi connectivity index (χ1v) is 7.37. The highest BCUT2D eigenvalue weighted by atomic mass is 35.5. The van der Waals surface area contributed by atoms with E-state index in [1.165, 1.54) is 0 Å². The molecule has 0 saturated carbocycles. The predicted molar refractivity (Wildman–Crippen MR) is 89.6 cm³/mol. The smallest absolute Gasteiger partial charge is 0.125 e. The third-order valence-electron chi connectivity index (χ3n) is 3.33. The zero-order valence-electron chi connectivity index (χ0n) is 12.0. The van der Waals surface area contributed by atoms with Crippen LogP contribution in [0.25, 0.3) is 0 Å². The Kier molecular flexibility index (Phi) is 5.34. The van der Waals surface area contributed by atoms with Crippen LogP contribution in [0.2, 0.25) is 10.0 Å². The average Bonchev–Trinajstić information content (AvgIpc) is 2.48. The molecule has 3 nitrogen and oxygen atoms in total. The third kappa shape index (κ3) is 3.62. The first-order valence-electron chi connectivity index (χ1n) is 6.62. The number of benzene rings is 2. The van der Waals surface area contributed by atoms with Gasteiger partial charge in [0.05, 0.1) is 13.2 Å². The summed E-state index contributed by atoms with van der Waals surface area (Å²) < 4.78 is 5.38. The molecule has 0 amide bonds. The Labute approximate surface area is 135 Å². The molecule has 5 heteroatoms. The number of hydrogen-bond acceptors (Lipinski definition) is 3. The van der Waals surface area contributed by atoms with Crippen LogP contribution < -0.4 is 15.8 Å². The van der Waals surface area contributed by atoms with Crippen molar-refractivity contribution in [2.75, 3.05) is 19.0 Å². The molecule has 2 aromatic rings. The summed E-state index contributed by atoms with van der Waals surface area (Å²) >= 11 is 12.5. The molecule has 0 bridgehead atoms. The molecule has 0 aliphatic rings. The zero-order chi connectivity index (χ0) is 15.4. The summed E-state index contributed by atoms with van der Waals surface area (Å²) in [5, 5.41) is 4.69. The van der Waals surface area contributed by atoms with E-state index in [9.17, 15) is 0 Å². The fraction of sp³-hybridized carbons (Fsp3) is 0.250. The average molecular weight is 325 g/mol. The van der Waals surface area contributed by atoms with E-state index in [1.54, 1.807) is 7.11 Å². The van der Waals surface area contributed by atoms with Crippen LogP contribution in [0.15, 0.2) is 36.4 Å². The van der Waals surface area contributed by atoms with Crippen LogP contribution in [0, 0.1) is 6.92 Å². The van der Waals surface area contributed by atoms with Gasteiger partial charge in [-0.15, -0.1) is 0 Å². The maximum absolute atomic E-state index is 6.30. The van der Waals surface area contributed by atoms with E-state index in [0.29, 0.717) is 22.3 Å². The third-order valence-corrected chi connectivity index (χ3v) is 4.07. The van der Waals surface area contributed by atoms with E-state index in [0.717, 1.165) is 16.8 Å². The molecule has 2 aromatic carbocycles. The van der Waals surface area contributed by atoms with Gasteiger partial charge in [-0.25, -0.2) is 0 Å². The van der Waals surface area contributed by atoms with Gasteiger partial charge in [0, 0.05) is 27.8 Å². The molecule has 2 rings (SSSR count). The molecule has 0 aliphatic carbocycles. The van der Waals surface area contributed by atoms with E-state index >= 15 is 0 Å². The lowest BCUT2D eigenvalue weighted by Gasteiger charge is -2.22. The molecule has 3 N–H and O–H groups in total. The van der Waals surface area contributed by atoms with Gasteiger partial charge in [0.15, 0.2) is 0 Å². The van der Waals surface area contributed by atoms with Crippen molar-refractivity contribution in [3.8, 4) is 5.75 Å². The highest BCUT2D eigenvalue weighted by Gasteiger charge is 2.18. The second-order valence-electron chi connectivity index (χ2n) is 4.75. The Morgan fingerprint density at radius 3 is 2.57 bits per heavy atom. The van der Waals surface area contributed by atoms with Gasteiger partial charge in [-0.1, -0.05) is 35.3 Å². The Morgan fingerprint density at radius 1 is 1.19 bits per heavy atom. The summed E-state index contributed by atoms with van der Waals surface area (Å²) in [6.45, 7) is 2.34. The van der Waals surface area contributed by atoms with Crippen molar-refractivity contribution >= 4 is 28.9 Å². The number of nitrogens with two attached hydrogens (primary N) is 1. The standard InChI is InChI=1S/C16H18Cl2N2O/c1-10-6-7-11(8-13(10)18)20-14(9-19)16-12(17)4-3-5-15(16)21-2/h3-8,14,20H,9,19H2,1-2H3. The molecule has 1 unspecified atom stereocenters. The van der Waals surface area contributed by atoms with Crippen molar-refractivity contribution in [3.63, 3.8) is 0 Å². The van der Waals surface area contributed by atoms with Crippen LogP contribution in [-0.2, 0) is 0 Å². The molecular weight excluding hydrogens is 307 g/mol. The van der Waals surface area contributed by atoms with Crippen molar-refractivity contribution in [2.24, 2.45) is 5.73 Å². The highest BCUT2D eigenvalue weighted by molar-refractivity contribution is 6.32. The molecule has 1 atom stereocenters. The Morgan fingerprint density at radius 2 is 1.95 bits per heavy atom. The first kappa shape index (κ1) is 16.0. The van der Waals surface area contributed by atoms with Crippen LogP contribution in [0.4, 0.5) is 5.69 Å². The monoisotopic (exact) mass is 324 g/mol. The minimum atomic E-state index is -0.160. The molecule has 0 aliphatic heterocycles. The number of methoxy groups -OCH3 is 1. The number of halogens is 2. The van der Waals surface area contributed by atoms with Crippen molar-refractivity contribution in [1.82, 2.24) is 0 Å². The zero-order valence-corrected chi connectivity index (χ0v) is 13.5. The predicted octanol–water partition coefficient (Wildman–Crippen LogP) is 4.42. The number of nitrogens with one attached hydrogen (secondary N) is 1. The molecule has 0 radical (unpaired) electrons. The number of anilines is 1. The van der Waals surface area contributed by atoms with Gasteiger partial charge >= 0.3 is 0 Å². The quantitative estimate of drug-likeness (QED) is 0.855. The lowest BCUT2D eigenvalue weighted by atomic mass is 10.0. The van der Waals surface area contributed by atoms with Crippen molar-refractivity contribution in [3.05, 3.63) is 57.6 Å². The molecule has 0 saturated heterocycles. The number of aryl methyl sites for hydroxylation is 1. The summed E-state index contributed by atoms with van der Waals surface area (Å²) in [5.41, 5.74) is 8.67. The summed E-state index contributed by atoms with van der Waals surface area (Å²) in [6.07, 6.45) is 0. The van der Waals surface area contributed by atoms with Gasteiger partial charge in [0.25, 0.3) is 0 Å². The van der Waals surface area contributed by atoms with Gasteiger partial charge in [-0.2, -0.15) is 0 Å². The summed E-state index contributed by atoms with van der Waals surface area (Å²) in [5.74, 6) is 0.712. The summed E-state index contributed by atoms with van der Waals surface area (Å²) in [4.78, 5) is 0. The summed E-state index contributed by atoms with van der Waals surface area (Å²) in [7, 11) is 1.62. The van der Waals surface area contributed by atoms with Crippen molar-refractivity contribution in [1.29, 1.82) is 0 Å². The van der Waals surface area contributed by atoms with E-state index in [-0.39, 0.29) is 6.04 Å². The highest BCUT2D eigenvalue weighted by Crippen LogP contribution is 2.34. The van der Waals surface area contributed by atoms with Crippen LogP contribution in [0.5, 0.6) is 5.75 Å². The van der Waals surface area contributed by atoms with Crippen molar-refractivity contribution < 1.29 is 4.74 Å². The molecule has 112 valence electrons. The lowest BCUT2D eigenvalue weighted by molar-refractivity contribution is 0.407. The van der Waals surface area contributed by atoms with Crippen LogP contribution in [0.1, 0.15) is 17.2 Å². The SMILES string of the molecule is COc1cccc(Cl)c1C(CN)Nc1ccc(C)c(Cl)c1. The second-order valence-corrected chi connectivity index (χ2v) is 5.57. The fourth-order valence-corrected chi connectivity index (χ4v) is 2.64. The number of hydrogen-bond donors (Lipinski definition) is 2. The molecule has 0 heterocycles. The van der Waals surface area contributed by atoms with E-state index < -0.39 is 0 Å². The van der Waals surface area contributed by atoms with Gasteiger partial charge in [-0.05, 0) is 36.8 Å². The maximum atomic E-state index is 6.30. The minimum absolute atomic E-state index is 0.160. The van der Waals surface area contributed by atoms with Crippen LogP contribution in [-0.4, -0.2) is 13.7 Å². The molecule has 0 spiro atoms. The Hall–Kier alpha value is -1.42. The number of ether oxygens (including phenoxy) is 1. The van der Waals surface area contributed by atoms with Crippen LogP contribution >= 0.6 is 23.2 Å². The molecule has 0 fully saturated rings. The van der Waals surface area contributed by atoms with Gasteiger partial charge in [0.2, 0.25) is 0 Å². The Balaban J connectivity index is 2.34. The summed E-state index contributed by atoms with van der Waals surface area (Å²) in [6, 6.07) is 11.2.